The van der Waals surface area contributed by atoms with Crippen LogP contribution in [-0.2, 0) is 22.1 Å². The van der Waals surface area contributed by atoms with Gasteiger partial charge in [-0.2, -0.15) is 13.2 Å². The van der Waals surface area contributed by atoms with E-state index in [1.54, 1.807) is 0 Å². The van der Waals surface area contributed by atoms with Crippen molar-refractivity contribution in [2.75, 3.05) is 0 Å². The Kier molecular flexibility index (Phi) is 6.21. The summed E-state index contributed by atoms with van der Waals surface area (Å²) in [6.07, 6.45) is 0.0139. The number of rotatable bonds is 5. The van der Waals surface area contributed by atoms with Crippen molar-refractivity contribution in [3.05, 3.63) is 94.6 Å². The summed E-state index contributed by atoms with van der Waals surface area (Å²) in [6, 6.07) is 11.6. The summed E-state index contributed by atoms with van der Waals surface area (Å²) >= 11 is 0. The van der Waals surface area contributed by atoms with Gasteiger partial charge in [0.2, 0.25) is 0 Å². The number of alkyl halides is 3. The molecule has 30 heavy (non-hydrogen) atoms. The van der Waals surface area contributed by atoms with Gasteiger partial charge in [-0.15, -0.1) is 5.26 Å². The lowest BCUT2D eigenvalue weighted by Gasteiger charge is -2.26. The Bertz CT molecular complexity index is 1040. The fourth-order valence-corrected chi connectivity index (χ4v) is 3.38. The van der Waals surface area contributed by atoms with Crippen molar-refractivity contribution < 1.29 is 27.1 Å². The largest absolute Gasteiger partial charge is 0.416 e. The molecule has 3 rings (SSSR count). The molecule has 0 aromatic heterocycles. The number of aryl methyl sites for hydroxylation is 1. The number of carbonyl (C=O) groups is 1. The van der Waals surface area contributed by atoms with Crippen LogP contribution < -0.4 is 5.32 Å². The number of benzene rings is 2. The van der Waals surface area contributed by atoms with Crippen LogP contribution >= 0.6 is 0 Å². The molecule has 0 aliphatic carbocycles. The fourth-order valence-electron chi connectivity index (χ4n) is 3.38. The number of dihydropyridines is 1. The summed E-state index contributed by atoms with van der Waals surface area (Å²) in [5, 5.41) is 11.6. The Hall–Kier alpha value is -3.60. The molecule has 1 atom stereocenters. The third-order valence-electron chi connectivity index (χ3n) is 4.70. The van der Waals surface area contributed by atoms with Gasteiger partial charge in [0.05, 0.1) is 11.1 Å². The van der Waals surface area contributed by atoms with Gasteiger partial charge in [0.25, 0.3) is 6.26 Å². The van der Waals surface area contributed by atoms with Gasteiger partial charge in [-0.1, -0.05) is 42.5 Å². The second-order valence-electron chi connectivity index (χ2n) is 6.57. The highest BCUT2D eigenvalue weighted by atomic mass is 19.4. The normalized spacial score (nSPS) is 16.0. The van der Waals surface area contributed by atoms with Crippen LogP contribution in [0.2, 0.25) is 0 Å². The first kappa shape index (κ1) is 21.1. The van der Waals surface area contributed by atoms with Crippen molar-refractivity contribution in [2.24, 2.45) is 0 Å². The number of nitrogens with one attached hydrogen (secondary N) is 1. The standard InChI is InChI=1S/C22H16F4N2O2/c23-15-7-8-16(18(12-15)22(24,25)26)17-10-11-28-19(20(17)21(29)30-13-27)9-6-14-4-2-1-3-5-14/h1-5,7-8,10-12,17,28H,6,9H2. The van der Waals surface area contributed by atoms with Crippen LogP contribution in [0.15, 0.2) is 72.1 Å². The van der Waals surface area contributed by atoms with Crippen molar-refractivity contribution in [1.29, 1.82) is 5.26 Å². The Morgan fingerprint density at radius 2 is 1.87 bits per heavy atom. The van der Waals surface area contributed by atoms with Crippen molar-refractivity contribution in [2.45, 2.75) is 24.9 Å². The minimum Gasteiger partial charge on any atom is -0.365 e. The van der Waals surface area contributed by atoms with E-state index in [4.69, 9.17) is 5.26 Å². The summed E-state index contributed by atoms with van der Waals surface area (Å²) in [4.78, 5) is 12.5. The first-order valence-electron chi connectivity index (χ1n) is 8.98. The summed E-state index contributed by atoms with van der Waals surface area (Å²) in [6.45, 7) is 0. The van der Waals surface area contributed by atoms with E-state index in [1.807, 2.05) is 30.3 Å². The molecular weight excluding hydrogens is 400 g/mol. The predicted molar refractivity (Wildman–Crippen MR) is 99.9 cm³/mol. The van der Waals surface area contributed by atoms with Crippen LogP contribution in [0.5, 0.6) is 0 Å². The summed E-state index contributed by atoms with van der Waals surface area (Å²) in [5.41, 5.74) is -0.313. The van der Waals surface area contributed by atoms with Gasteiger partial charge < -0.3 is 10.1 Å². The molecule has 1 N–H and O–H groups in total. The number of ether oxygens (including phenoxy) is 1. The van der Waals surface area contributed by atoms with Gasteiger partial charge in [-0.25, -0.2) is 9.18 Å². The molecule has 1 aliphatic rings. The van der Waals surface area contributed by atoms with Crippen LogP contribution in [0, 0.1) is 17.3 Å². The summed E-state index contributed by atoms with van der Waals surface area (Å²) < 4.78 is 58.6. The van der Waals surface area contributed by atoms with E-state index in [1.165, 1.54) is 18.5 Å². The number of nitrogens with zero attached hydrogens (tertiary/aromatic N) is 1. The zero-order chi connectivity index (χ0) is 21.7. The van der Waals surface area contributed by atoms with Gasteiger partial charge in [-0.05, 0) is 42.3 Å². The number of halogens is 4. The molecule has 2 aromatic rings. The number of allylic oxidation sites excluding steroid dienone is 2. The van der Waals surface area contributed by atoms with Crippen LogP contribution in [0.3, 0.4) is 0 Å². The van der Waals surface area contributed by atoms with E-state index in [0.29, 0.717) is 24.6 Å². The Balaban J connectivity index is 2.06. The lowest BCUT2D eigenvalue weighted by Crippen LogP contribution is -2.25. The Labute approximate surface area is 170 Å². The lowest BCUT2D eigenvalue weighted by molar-refractivity contribution is -0.139. The molecule has 8 heteroatoms. The molecule has 4 nitrogen and oxygen atoms in total. The summed E-state index contributed by atoms with van der Waals surface area (Å²) in [7, 11) is 0. The molecule has 0 radical (unpaired) electrons. The molecule has 0 saturated heterocycles. The third-order valence-corrected chi connectivity index (χ3v) is 4.70. The van der Waals surface area contributed by atoms with Crippen molar-refractivity contribution >= 4 is 5.97 Å². The smallest absolute Gasteiger partial charge is 0.365 e. The highest BCUT2D eigenvalue weighted by Crippen LogP contribution is 2.40. The van der Waals surface area contributed by atoms with Crippen molar-refractivity contribution in [1.82, 2.24) is 5.32 Å². The number of esters is 1. The van der Waals surface area contributed by atoms with Crippen LogP contribution in [0.25, 0.3) is 0 Å². The zero-order valence-electron chi connectivity index (χ0n) is 15.5. The van der Waals surface area contributed by atoms with Crippen LogP contribution in [0.1, 0.15) is 29.0 Å². The predicted octanol–water partition coefficient (Wildman–Crippen LogP) is 4.96. The van der Waals surface area contributed by atoms with Gasteiger partial charge >= 0.3 is 12.1 Å². The SMILES string of the molecule is N#COC(=O)C1=C(CCc2ccccc2)NC=CC1c1ccc(F)cc1C(F)(F)F. The second kappa shape index (κ2) is 8.82. The first-order valence-corrected chi connectivity index (χ1v) is 8.98. The lowest BCUT2D eigenvalue weighted by atomic mass is 9.84. The maximum atomic E-state index is 13.5. The molecule has 0 spiro atoms. The first-order chi connectivity index (χ1) is 14.3. The van der Waals surface area contributed by atoms with Gasteiger partial charge in [-0.3, -0.25) is 0 Å². The Morgan fingerprint density at radius 3 is 2.53 bits per heavy atom. The maximum Gasteiger partial charge on any atom is 0.416 e. The molecule has 0 fully saturated rings. The second-order valence-corrected chi connectivity index (χ2v) is 6.57. The molecule has 1 aliphatic heterocycles. The topological polar surface area (TPSA) is 62.1 Å². The van der Waals surface area contributed by atoms with E-state index in [-0.39, 0.29) is 11.1 Å². The zero-order valence-corrected chi connectivity index (χ0v) is 15.5. The van der Waals surface area contributed by atoms with Crippen LogP contribution in [0.4, 0.5) is 17.6 Å². The minimum absolute atomic E-state index is 0.118. The highest BCUT2D eigenvalue weighted by molar-refractivity contribution is 5.92. The summed E-state index contributed by atoms with van der Waals surface area (Å²) in [5.74, 6) is -3.26. The quantitative estimate of drug-likeness (QED) is 0.425. The van der Waals surface area contributed by atoms with Gasteiger partial charge in [0, 0.05) is 11.6 Å². The van der Waals surface area contributed by atoms with Crippen molar-refractivity contribution in [3.8, 4) is 6.26 Å². The van der Waals surface area contributed by atoms with E-state index in [0.717, 1.165) is 17.7 Å². The molecule has 0 amide bonds. The average molecular weight is 416 g/mol. The van der Waals surface area contributed by atoms with E-state index in [9.17, 15) is 22.4 Å². The number of hydrogen-bond acceptors (Lipinski definition) is 4. The van der Waals surface area contributed by atoms with Gasteiger partial charge in [0.15, 0.2) is 0 Å². The van der Waals surface area contributed by atoms with E-state index in [2.05, 4.69) is 10.1 Å². The molecule has 1 unspecified atom stereocenters. The fraction of sp³-hybridized carbons (Fsp3) is 0.182. The number of hydrogen-bond donors (Lipinski definition) is 1. The monoisotopic (exact) mass is 416 g/mol. The number of nitriles is 1. The molecule has 0 bridgehead atoms. The van der Waals surface area contributed by atoms with E-state index < -0.39 is 29.4 Å². The molecule has 1 heterocycles. The number of carbonyl (C=O) groups excluding carboxylic acids is 1. The minimum atomic E-state index is -4.83. The molecule has 0 saturated carbocycles. The molecule has 2 aromatic carbocycles. The molecular formula is C22H16F4N2O2. The maximum absolute atomic E-state index is 13.5. The van der Waals surface area contributed by atoms with Crippen LogP contribution in [-0.4, -0.2) is 5.97 Å². The van der Waals surface area contributed by atoms with Crippen molar-refractivity contribution in [3.63, 3.8) is 0 Å². The third kappa shape index (κ3) is 4.69. The van der Waals surface area contributed by atoms with E-state index >= 15 is 0 Å². The average Bonchev–Trinajstić information content (AvgIpc) is 2.72. The highest BCUT2D eigenvalue weighted by Gasteiger charge is 2.38. The van der Waals surface area contributed by atoms with Gasteiger partial charge in [0.1, 0.15) is 5.82 Å². The molecule has 154 valence electrons. The Morgan fingerprint density at radius 1 is 1.13 bits per heavy atom.